The normalized spacial score (nSPS) is 20.4. The van der Waals surface area contributed by atoms with Gasteiger partial charge in [-0.15, -0.1) is 0 Å². The maximum atomic E-state index is 10.3. The first-order valence-corrected chi connectivity index (χ1v) is 9.21. The molecular formula is C21H25NO4. The van der Waals surface area contributed by atoms with Gasteiger partial charge in [-0.05, 0) is 29.7 Å². The molecule has 0 spiro atoms. The van der Waals surface area contributed by atoms with Gasteiger partial charge in [-0.3, -0.25) is 4.90 Å². The minimum Gasteiger partial charge on any atom is -0.486 e. The fourth-order valence-electron chi connectivity index (χ4n) is 3.54. The molecule has 0 saturated heterocycles. The zero-order chi connectivity index (χ0) is 17.8. The van der Waals surface area contributed by atoms with Gasteiger partial charge in [-0.2, -0.15) is 0 Å². The van der Waals surface area contributed by atoms with Crippen molar-refractivity contribution in [1.29, 1.82) is 0 Å². The molecule has 138 valence electrons. The molecule has 2 aliphatic rings. The molecule has 0 amide bonds. The molecule has 2 heterocycles. The van der Waals surface area contributed by atoms with Crippen molar-refractivity contribution >= 4 is 0 Å². The van der Waals surface area contributed by atoms with E-state index < -0.39 is 6.10 Å². The van der Waals surface area contributed by atoms with Gasteiger partial charge >= 0.3 is 0 Å². The summed E-state index contributed by atoms with van der Waals surface area (Å²) in [4.78, 5) is 2.28. The number of benzene rings is 2. The molecule has 2 aromatic carbocycles. The minimum atomic E-state index is -0.503. The van der Waals surface area contributed by atoms with Crippen molar-refractivity contribution in [3.8, 4) is 11.5 Å². The molecule has 0 aliphatic carbocycles. The molecule has 4 rings (SSSR count). The van der Waals surface area contributed by atoms with Gasteiger partial charge in [0.25, 0.3) is 0 Å². The molecule has 2 aliphatic heterocycles. The second-order valence-electron chi connectivity index (χ2n) is 6.94. The van der Waals surface area contributed by atoms with E-state index in [9.17, 15) is 5.11 Å². The van der Waals surface area contributed by atoms with Crippen molar-refractivity contribution in [3.63, 3.8) is 0 Å². The summed E-state index contributed by atoms with van der Waals surface area (Å²) in [6, 6.07) is 16.2. The van der Waals surface area contributed by atoms with E-state index >= 15 is 0 Å². The minimum absolute atomic E-state index is 0.140. The number of aliphatic hydroxyl groups is 1. The molecule has 0 bridgehead atoms. The van der Waals surface area contributed by atoms with Crippen LogP contribution in [0.1, 0.15) is 11.1 Å². The summed E-state index contributed by atoms with van der Waals surface area (Å²) >= 11 is 0. The largest absolute Gasteiger partial charge is 0.486 e. The zero-order valence-corrected chi connectivity index (χ0v) is 14.8. The Morgan fingerprint density at radius 3 is 2.73 bits per heavy atom. The summed E-state index contributed by atoms with van der Waals surface area (Å²) < 4.78 is 17.2. The van der Waals surface area contributed by atoms with Crippen LogP contribution in [0.4, 0.5) is 0 Å². The number of β-amino-alcohol motifs (C(OH)–C–C–N with tert-alkyl or cyclic N) is 1. The molecule has 26 heavy (non-hydrogen) atoms. The number of para-hydroxylation sites is 2. The van der Waals surface area contributed by atoms with Crippen molar-refractivity contribution < 1.29 is 19.3 Å². The maximum absolute atomic E-state index is 10.3. The monoisotopic (exact) mass is 355 g/mol. The lowest BCUT2D eigenvalue weighted by Crippen LogP contribution is -2.39. The fraction of sp³-hybridized carbons (Fsp3) is 0.429. The molecule has 0 aromatic heterocycles. The molecule has 0 saturated carbocycles. The number of aliphatic hydroxyl groups excluding tert-OH is 1. The molecule has 2 atom stereocenters. The Hall–Kier alpha value is -2.08. The SMILES string of the molecule is O[C@@H](COC[C@@H]1COc2ccccc2O1)CN1CCc2ccccc2C1. The molecular weight excluding hydrogens is 330 g/mol. The first-order valence-electron chi connectivity index (χ1n) is 9.21. The van der Waals surface area contributed by atoms with Gasteiger partial charge in [0, 0.05) is 19.6 Å². The smallest absolute Gasteiger partial charge is 0.161 e. The molecule has 5 nitrogen and oxygen atoms in total. The third-order valence-corrected chi connectivity index (χ3v) is 4.86. The van der Waals surface area contributed by atoms with Crippen molar-refractivity contribution in [3.05, 3.63) is 59.7 Å². The van der Waals surface area contributed by atoms with Crippen LogP contribution in [0, 0.1) is 0 Å². The lowest BCUT2D eigenvalue weighted by Gasteiger charge is -2.30. The molecule has 0 unspecified atom stereocenters. The number of hydrogen-bond donors (Lipinski definition) is 1. The predicted octanol–water partition coefficient (Wildman–Crippen LogP) is 2.26. The highest BCUT2D eigenvalue weighted by Crippen LogP contribution is 2.30. The quantitative estimate of drug-likeness (QED) is 0.861. The Kier molecular flexibility index (Phi) is 5.39. The first kappa shape index (κ1) is 17.3. The average Bonchev–Trinajstić information content (AvgIpc) is 2.68. The molecule has 0 fully saturated rings. The Labute approximate surface area is 154 Å². The average molecular weight is 355 g/mol. The van der Waals surface area contributed by atoms with Crippen LogP contribution in [0.15, 0.2) is 48.5 Å². The number of nitrogens with zero attached hydrogens (tertiary/aromatic N) is 1. The van der Waals surface area contributed by atoms with E-state index in [1.807, 2.05) is 24.3 Å². The molecule has 0 radical (unpaired) electrons. The summed E-state index contributed by atoms with van der Waals surface area (Å²) in [5, 5.41) is 10.3. The van der Waals surface area contributed by atoms with Gasteiger partial charge in [0.05, 0.1) is 19.3 Å². The highest BCUT2D eigenvalue weighted by Gasteiger charge is 2.22. The lowest BCUT2D eigenvalue weighted by molar-refractivity contribution is -0.0298. The van der Waals surface area contributed by atoms with E-state index in [-0.39, 0.29) is 6.10 Å². The van der Waals surface area contributed by atoms with Gasteiger partial charge in [0.2, 0.25) is 0 Å². The Morgan fingerprint density at radius 1 is 1.08 bits per heavy atom. The van der Waals surface area contributed by atoms with E-state index in [2.05, 4.69) is 29.2 Å². The Morgan fingerprint density at radius 2 is 1.85 bits per heavy atom. The Bertz CT molecular complexity index is 735. The lowest BCUT2D eigenvalue weighted by atomic mass is 10.00. The van der Waals surface area contributed by atoms with Gasteiger partial charge in [0.1, 0.15) is 6.61 Å². The van der Waals surface area contributed by atoms with Crippen LogP contribution in [0.3, 0.4) is 0 Å². The molecule has 2 aromatic rings. The molecule has 5 heteroatoms. The van der Waals surface area contributed by atoms with Crippen LogP contribution in [0.2, 0.25) is 0 Å². The van der Waals surface area contributed by atoms with Gasteiger partial charge < -0.3 is 19.3 Å². The van der Waals surface area contributed by atoms with Crippen LogP contribution in [-0.4, -0.2) is 55.1 Å². The highest BCUT2D eigenvalue weighted by molar-refractivity contribution is 5.40. The van der Waals surface area contributed by atoms with Crippen molar-refractivity contribution in [2.75, 3.05) is 32.9 Å². The maximum Gasteiger partial charge on any atom is 0.161 e. The van der Waals surface area contributed by atoms with E-state index in [0.29, 0.717) is 26.4 Å². The third-order valence-electron chi connectivity index (χ3n) is 4.86. The summed E-state index contributed by atoms with van der Waals surface area (Å²) in [7, 11) is 0. The zero-order valence-electron chi connectivity index (χ0n) is 14.8. The number of hydrogen-bond acceptors (Lipinski definition) is 5. The van der Waals surface area contributed by atoms with Crippen molar-refractivity contribution in [2.24, 2.45) is 0 Å². The van der Waals surface area contributed by atoms with Crippen LogP contribution in [0.25, 0.3) is 0 Å². The second kappa shape index (κ2) is 8.08. The van der Waals surface area contributed by atoms with E-state index in [1.165, 1.54) is 11.1 Å². The van der Waals surface area contributed by atoms with E-state index in [4.69, 9.17) is 14.2 Å². The van der Waals surface area contributed by atoms with Gasteiger partial charge in [-0.25, -0.2) is 0 Å². The topological polar surface area (TPSA) is 51.2 Å². The van der Waals surface area contributed by atoms with Crippen molar-refractivity contribution in [1.82, 2.24) is 4.90 Å². The first-order chi connectivity index (χ1) is 12.8. The number of rotatable bonds is 6. The van der Waals surface area contributed by atoms with Crippen LogP contribution >= 0.6 is 0 Å². The summed E-state index contributed by atoms with van der Waals surface area (Å²) in [6.07, 6.45) is 0.396. The summed E-state index contributed by atoms with van der Waals surface area (Å²) in [6.45, 7) is 3.68. The number of ether oxygens (including phenoxy) is 3. The standard InChI is InChI=1S/C21H25NO4/c23-18(12-22-10-9-16-5-1-2-6-17(16)11-22)13-24-14-19-15-25-20-7-3-4-8-21(20)26-19/h1-8,18-19,23H,9-15H2/t18-,19-/m1/s1. The molecule has 1 N–H and O–H groups in total. The van der Waals surface area contributed by atoms with Crippen molar-refractivity contribution in [2.45, 2.75) is 25.2 Å². The highest BCUT2D eigenvalue weighted by atomic mass is 16.6. The predicted molar refractivity (Wildman–Crippen MR) is 98.6 cm³/mol. The van der Waals surface area contributed by atoms with Gasteiger partial charge in [-0.1, -0.05) is 36.4 Å². The van der Waals surface area contributed by atoms with E-state index in [1.54, 1.807) is 0 Å². The van der Waals surface area contributed by atoms with Gasteiger partial charge in [0.15, 0.2) is 17.6 Å². The number of fused-ring (bicyclic) bond motifs is 2. The van der Waals surface area contributed by atoms with E-state index in [0.717, 1.165) is 31.0 Å². The van der Waals surface area contributed by atoms with Crippen LogP contribution in [-0.2, 0) is 17.7 Å². The fourth-order valence-corrected chi connectivity index (χ4v) is 3.54. The Balaban J connectivity index is 1.19. The second-order valence-corrected chi connectivity index (χ2v) is 6.94. The summed E-state index contributed by atoms with van der Waals surface area (Å²) in [5.41, 5.74) is 2.78. The summed E-state index contributed by atoms with van der Waals surface area (Å²) in [5.74, 6) is 1.52. The third kappa shape index (κ3) is 4.18. The van der Waals surface area contributed by atoms with Crippen LogP contribution < -0.4 is 9.47 Å². The van der Waals surface area contributed by atoms with Crippen LogP contribution in [0.5, 0.6) is 11.5 Å².